The van der Waals surface area contributed by atoms with Gasteiger partial charge in [-0.15, -0.1) is 0 Å². The molecule has 0 saturated carbocycles. The van der Waals surface area contributed by atoms with Gasteiger partial charge in [0.2, 0.25) is 5.28 Å². The number of H-pyrrole nitrogens is 1. The van der Waals surface area contributed by atoms with Gasteiger partial charge in [0.25, 0.3) is 0 Å². The Hall–Kier alpha value is -1.14. The number of aromatic amines is 1. The molecule has 0 aromatic carbocycles. The van der Waals surface area contributed by atoms with Crippen LogP contribution in [0.15, 0.2) is 16.7 Å². The van der Waals surface area contributed by atoms with Crippen molar-refractivity contribution in [3.63, 3.8) is 0 Å². The van der Waals surface area contributed by atoms with E-state index in [1.165, 1.54) is 0 Å². The number of nitrogens with zero attached hydrogens (tertiary/aromatic N) is 3. The van der Waals surface area contributed by atoms with Crippen molar-refractivity contribution in [2.24, 2.45) is 0 Å². The Kier molecular flexibility index (Phi) is 3.59. The lowest BCUT2D eigenvalue weighted by Gasteiger charge is -2.14. The molecule has 2 N–H and O–H groups in total. The van der Waals surface area contributed by atoms with Gasteiger partial charge in [-0.2, -0.15) is 10.1 Å². The Bertz CT molecular complexity index is 561. The fourth-order valence-corrected chi connectivity index (χ4v) is 1.75. The van der Waals surface area contributed by atoms with Gasteiger partial charge in [-0.25, -0.2) is 4.98 Å². The van der Waals surface area contributed by atoms with E-state index in [0.717, 1.165) is 10.2 Å². The first-order valence-electron chi connectivity index (χ1n) is 5.37. The van der Waals surface area contributed by atoms with Crippen LogP contribution in [0, 0.1) is 0 Å². The van der Waals surface area contributed by atoms with Gasteiger partial charge in [0.1, 0.15) is 0 Å². The van der Waals surface area contributed by atoms with Crippen molar-refractivity contribution in [2.45, 2.75) is 26.2 Å². The van der Waals surface area contributed by atoms with Crippen LogP contribution in [0.3, 0.4) is 0 Å². The molecule has 0 aliphatic carbocycles. The molecule has 2 aromatic heterocycles. The summed E-state index contributed by atoms with van der Waals surface area (Å²) in [4.78, 5) is 7.95. The maximum Gasteiger partial charge on any atom is 0.224 e. The zero-order valence-electron chi connectivity index (χ0n) is 10.3. The molecule has 0 fully saturated rings. The molecule has 0 aliphatic heterocycles. The van der Waals surface area contributed by atoms with Crippen LogP contribution in [-0.2, 0) is 5.41 Å². The highest BCUT2D eigenvalue weighted by Crippen LogP contribution is 2.26. The van der Waals surface area contributed by atoms with Crippen molar-refractivity contribution >= 4 is 39.2 Å². The van der Waals surface area contributed by atoms with Crippen LogP contribution in [-0.4, -0.2) is 20.2 Å². The van der Waals surface area contributed by atoms with Gasteiger partial charge in [0.15, 0.2) is 11.6 Å². The van der Waals surface area contributed by atoms with Gasteiger partial charge in [-0.05, 0) is 27.5 Å². The Morgan fingerprint density at radius 1 is 1.39 bits per heavy atom. The van der Waals surface area contributed by atoms with Gasteiger partial charge >= 0.3 is 0 Å². The summed E-state index contributed by atoms with van der Waals surface area (Å²) in [6.45, 7) is 6.34. The number of rotatable bonds is 2. The third-order valence-electron chi connectivity index (χ3n) is 2.35. The topological polar surface area (TPSA) is 66.5 Å². The number of hydrogen-bond donors (Lipinski definition) is 2. The van der Waals surface area contributed by atoms with Crippen molar-refractivity contribution in [1.29, 1.82) is 0 Å². The molecule has 5 nitrogen and oxygen atoms in total. The molecule has 0 amide bonds. The normalized spacial score (nSPS) is 11.6. The van der Waals surface area contributed by atoms with Gasteiger partial charge in [-0.3, -0.25) is 5.10 Å². The lowest BCUT2D eigenvalue weighted by atomic mass is 9.92. The van der Waals surface area contributed by atoms with Crippen molar-refractivity contribution in [3.8, 4) is 0 Å². The summed E-state index contributed by atoms with van der Waals surface area (Å²) >= 11 is 9.10. The summed E-state index contributed by atoms with van der Waals surface area (Å²) in [5.74, 6) is 1.28. The molecule has 2 heterocycles. The molecule has 0 saturated heterocycles. The van der Waals surface area contributed by atoms with Gasteiger partial charge in [-0.1, -0.05) is 20.8 Å². The summed E-state index contributed by atoms with van der Waals surface area (Å²) < 4.78 is 0.729. The van der Waals surface area contributed by atoms with Crippen LogP contribution in [0.4, 0.5) is 11.6 Å². The Morgan fingerprint density at radius 2 is 2.11 bits per heavy atom. The molecular formula is C11H13BrClN5. The summed E-state index contributed by atoms with van der Waals surface area (Å²) in [5.41, 5.74) is 1.06. The first-order valence-corrected chi connectivity index (χ1v) is 6.54. The third kappa shape index (κ3) is 3.00. The van der Waals surface area contributed by atoms with E-state index in [2.05, 4.69) is 62.2 Å². The van der Waals surface area contributed by atoms with Gasteiger partial charge in [0.05, 0.1) is 4.47 Å². The molecule has 96 valence electrons. The highest BCUT2D eigenvalue weighted by molar-refractivity contribution is 9.10. The Labute approximate surface area is 119 Å². The lowest BCUT2D eigenvalue weighted by Crippen LogP contribution is -2.11. The van der Waals surface area contributed by atoms with Crippen molar-refractivity contribution in [1.82, 2.24) is 20.2 Å². The molecule has 0 unspecified atom stereocenters. The van der Waals surface area contributed by atoms with E-state index in [4.69, 9.17) is 11.6 Å². The standard InChI is InChI=1S/C11H13BrClN5/c1-11(2,3)7-4-8(18-17-7)15-9-6(12)5-14-10(13)16-9/h4-5H,1-3H3,(H2,14,15,16,17,18). The SMILES string of the molecule is CC(C)(C)c1cc(Nc2nc(Cl)ncc2Br)n[nH]1. The monoisotopic (exact) mass is 329 g/mol. The molecule has 2 rings (SSSR count). The van der Waals surface area contributed by atoms with Crippen LogP contribution in [0.5, 0.6) is 0 Å². The van der Waals surface area contributed by atoms with Gasteiger partial charge in [0, 0.05) is 23.4 Å². The fourth-order valence-electron chi connectivity index (χ4n) is 1.32. The highest BCUT2D eigenvalue weighted by Gasteiger charge is 2.17. The molecule has 0 bridgehead atoms. The summed E-state index contributed by atoms with van der Waals surface area (Å²) in [5, 5.41) is 10.5. The number of anilines is 2. The van der Waals surface area contributed by atoms with E-state index in [1.54, 1.807) is 6.20 Å². The van der Waals surface area contributed by atoms with Crippen LogP contribution >= 0.6 is 27.5 Å². The minimum Gasteiger partial charge on any atom is -0.322 e. The molecule has 18 heavy (non-hydrogen) atoms. The average Bonchev–Trinajstić information content (AvgIpc) is 2.71. The molecule has 0 spiro atoms. The maximum absolute atomic E-state index is 5.75. The van der Waals surface area contributed by atoms with E-state index < -0.39 is 0 Å². The predicted octanol–water partition coefficient (Wildman–Crippen LogP) is 3.66. The maximum atomic E-state index is 5.75. The average molecular weight is 331 g/mol. The third-order valence-corrected chi connectivity index (χ3v) is 3.11. The second-order valence-electron chi connectivity index (χ2n) is 4.88. The number of hydrogen-bond acceptors (Lipinski definition) is 4. The van der Waals surface area contributed by atoms with E-state index in [1.807, 2.05) is 6.07 Å². The molecule has 2 aromatic rings. The van der Waals surface area contributed by atoms with Crippen LogP contribution < -0.4 is 5.32 Å². The second-order valence-corrected chi connectivity index (χ2v) is 6.07. The number of halogens is 2. The first-order chi connectivity index (χ1) is 8.36. The summed E-state index contributed by atoms with van der Waals surface area (Å²) in [6.07, 6.45) is 1.59. The van der Waals surface area contributed by atoms with Crippen LogP contribution in [0.1, 0.15) is 26.5 Å². The van der Waals surface area contributed by atoms with Gasteiger partial charge < -0.3 is 5.32 Å². The molecule has 0 aliphatic rings. The quantitative estimate of drug-likeness (QED) is 0.825. The van der Waals surface area contributed by atoms with Crippen LogP contribution in [0.25, 0.3) is 0 Å². The zero-order valence-corrected chi connectivity index (χ0v) is 12.6. The largest absolute Gasteiger partial charge is 0.322 e. The van der Waals surface area contributed by atoms with Crippen molar-refractivity contribution in [3.05, 3.63) is 27.7 Å². The predicted molar refractivity (Wildman–Crippen MR) is 75.3 cm³/mol. The van der Waals surface area contributed by atoms with E-state index in [-0.39, 0.29) is 10.7 Å². The van der Waals surface area contributed by atoms with E-state index in [9.17, 15) is 0 Å². The smallest absolute Gasteiger partial charge is 0.224 e. The molecule has 0 radical (unpaired) electrons. The summed E-state index contributed by atoms with van der Waals surface area (Å²) in [7, 11) is 0. The second kappa shape index (κ2) is 4.85. The Balaban J connectivity index is 2.24. The van der Waals surface area contributed by atoms with E-state index in [0.29, 0.717) is 11.6 Å². The Morgan fingerprint density at radius 3 is 2.72 bits per heavy atom. The highest BCUT2D eigenvalue weighted by atomic mass is 79.9. The lowest BCUT2D eigenvalue weighted by molar-refractivity contribution is 0.567. The van der Waals surface area contributed by atoms with Crippen molar-refractivity contribution in [2.75, 3.05) is 5.32 Å². The molecular weight excluding hydrogens is 318 g/mol. The van der Waals surface area contributed by atoms with Crippen molar-refractivity contribution < 1.29 is 0 Å². The number of aromatic nitrogens is 4. The molecule has 0 atom stereocenters. The van der Waals surface area contributed by atoms with E-state index >= 15 is 0 Å². The molecule has 7 heteroatoms. The minimum atomic E-state index is 0.0213. The summed E-state index contributed by atoms with van der Waals surface area (Å²) in [6, 6.07) is 1.95. The first kappa shape index (κ1) is 13.3. The van der Waals surface area contributed by atoms with Crippen LogP contribution in [0.2, 0.25) is 5.28 Å². The number of nitrogens with one attached hydrogen (secondary N) is 2. The fraction of sp³-hybridized carbons (Fsp3) is 0.364. The minimum absolute atomic E-state index is 0.0213. The zero-order chi connectivity index (χ0) is 13.3.